The van der Waals surface area contributed by atoms with Crippen LogP contribution >= 0.6 is 12.6 Å². The molecule has 14 heteroatoms. The van der Waals surface area contributed by atoms with Crippen molar-refractivity contribution in [1.29, 1.82) is 0 Å². The lowest BCUT2D eigenvalue weighted by Gasteiger charge is -2.24. The molecule has 3 rings (SSSR count). The summed E-state index contributed by atoms with van der Waals surface area (Å²) in [7, 11) is 0. The SMILES string of the molecule is O=C(O)C(CS)NC(=O)C(Cc1cnc[nH]1)NC(=O)C(Cc1cnc[nH]1)NC(=O)C1CCCN1. The van der Waals surface area contributed by atoms with Crippen LogP contribution < -0.4 is 21.3 Å². The van der Waals surface area contributed by atoms with Crippen LogP contribution in [0.2, 0.25) is 0 Å². The number of carbonyl (C=O) groups excluding carboxylic acids is 3. The number of aromatic amines is 2. The molecule has 7 N–H and O–H groups in total. The first kappa shape index (κ1) is 25.2. The summed E-state index contributed by atoms with van der Waals surface area (Å²) in [6.45, 7) is 0.720. The Morgan fingerprint density at radius 1 is 0.971 bits per heavy atom. The molecule has 1 saturated heterocycles. The summed E-state index contributed by atoms with van der Waals surface area (Å²) in [5, 5.41) is 20.1. The summed E-state index contributed by atoms with van der Waals surface area (Å²) < 4.78 is 0. The summed E-state index contributed by atoms with van der Waals surface area (Å²) in [6.07, 6.45) is 7.60. The van der Waals surface area contributed by atoms with Crippen LogP contribution in [0.4, 0.5) is 0 Å². The van der Waals surface area contributed by atoms with Crippen LogP contribution in [0.15, 0.2) is 25.0 Å². The highest BCUT2D eigenvalue weighted by Crippen LogP contribution is 2.08. The normalized spacial score (nSPS) is 18.0. The molecule has 13 nitrogen and oxygen atoms in total. The number of thiol groups is 1. The van der Waals surface area contributed by atoms with Crippen molar-refractivity contribution in [3.05, 3.63) is 36.4 Å². The average molecular weight is 493 g/mol. The first-order chi connectivity index (χ1) is 16.4. The van der Waals surface area contributed by atoms with E-state index < -0.39 is 42.0 Å². The Bertz CT molecular complexity index is 962. The standard InChI is InChI=1S/C20H28N8O5S/c29-17(13-2-1-3-23-13)26-14(4-11-6-21-9-24-11)18(30)27-15(5-12-7-22-10-25-12)19(31)28-16(8-34)20(32)33/h6-7,9-10,13-16,23,34H,1-5,8H2,(H,21,24)(H,22,25)(H,26,29)(H,27,30)(H,28,31)(H,32,33). The van der Waals surface area contributed by atoms with E-state index in [2.05, 4.69) is 53.8 Å². The molecule has 2 aromatic heterocycles. The van der Waals surface area contributed by atoms with E-state index >= 15 is 0 Å². The maximum absolute atomic E-state index is 13.2. The third-order valence-corrected chi connectivity index (χ3v) is 5.76. The van der Waals surface area contributed by atoms with Crippen molar-refractivity contribution in [3.63, 3.8) is 0 Å². The summed E-state index contributed by atoms with van der Waals surface area (Å²) in [5.41, 5.74) is 1.18. The van der Waals surface area contributed by atoms with E-state index in [-0.39, 0.29) is 24.5 Å². The largest absolute Gasteiger partial charge is 0.480 e. The highest BCUT2D eigenvalue weighted by molar-refractivity contribution is 7.80. The van der Waals surface area contributed by atoms with Gasteiger partial charge in [0.25, 0.3) is 0 Å². The molecular formula is C20H28N8O5S. The van der Waals surface area contributed by atoms with Crippen LogP contribution in [0.25, 0.3) is 0 Å². The Morgan fingerprint density at radius 2 is 1.53 bits per heavy atom. The highest BCUT2D eigenvalue weighted by Gasteiger charge is 2.32. The molecule has 2 aromatic rings. The molecular weight excluding hydrogens is 464 g/mol. The van der Waals surface area contributed by atoms with Gasteiger partial charge >= 0.3 is 5.97 Å². The lowest BCUT2D eigenvalue weighted by atomic mass is 10.1. The number of carboxylic acids is 1. The van der Waals surface area contributed by atoms with E-state index in [0.29, 0.717) is 17.8 Å². The number of nitrogens with one attached hydrogen (secondary N) is 6. The molecule has 3 heterocycles. The molecule has 0 aromatic carbocycles. The molecule has 0 bridgehead atoms. The van der Waals surface area contributed by atoms with Gasteiger partial charge in [-0.2, -0.15) is 12.6 Å². The second kappa shape index (κ2) is 12.2. The van der Waals surface area contributed by atoms with Crippen molar-refractivity contribution in [2.45, 2.75) is 49.9 Å². The summed E-state index contributed by atoms with van der Waals surface area (Å²) >= 11 is 3.96. The highest BCUT2D eigenvalue weighted by atomic mass is 32.1. The van der Waals surface area contributed by atoms with Crippen molar-refractivity contribution in [2.24, 2.45) is 0 Å². The Kier molecular flexibility index (Phi) is 9.04. The number of imidazole rings is 2. The van der Waals surface area contributed by atoms with Crippen molar-refractivity contribution in [3.8, 4) is 0 Å². The van der Waals surface area contributed by atoms with Crippen LogP contribution in [0.1, 0.15) is 24.2 Å². The van der Waals surface area contributed by atoms with Crippen molar-refractivity contribution < 1.29 is 24.3 Å². The predicted molar refractivity (Wildman–Crippen MR) is 123 cm³/mol. The molecule has 0 aliphatic carbocycles. The minimum atomic E-state index is -1.25. The number of carbonyl (C=O) groups is 4. The molecule has 1 fully saturated rings. The summed E-state index contributed by atoms with van der Waals surface area (Å²) in [5.74, 6) is -2.98. The topological polar surface area (TPSA) is 194 Å². The Balaban J connectivity index is 1.75. The number of hydrogen-bond donors (Lipinski definition) is 8. The van der Waals surface area contributed by atoms with Crippen LogP contribution in [0.5, 0.6) is 0 Å². The monoisotopic (exact) mass is 492 g/mol. The van der Waals surface area contributed by atoms with Crippen LogP contribution in [-0.2, 0) is 32.0 Å². The molecule has 4 unspecified atom stereocenters. The van der Waals surface area contributed by atoms with Crippen molar-refractivity contribution >= 4 is 36.3 Å². The van der Waals surface area contributed by atoms with E-state index in [9.17, 15) is 24.3 Å². The second-order valence-electron chi connectivity index (χ2n) is 7.92. The van der Waals surface area contributed by atoms with Gasteiger partial charge in [0.1, 0.15) is 18.1 Å². The van der Waals surface area contributed by atoms with E-state index in [1.54, 1.807) is 6.20 Å². The zero-order chi connectivity index (χ0) is 24.5. The molecule has 1 aliphatic heterocycles. The molecule has 1 aliphatic rings. The lowest BCUT2D eigenvalue weighted by molar-refractivity contribution is -0.141. The predicted octanol–water partition coefficient (Wildman–Crippen LogP) is -1.86. The maximum Gasteiger partial charge on any atom is 0.327 e. The zero-order valence-corrected chi connectivity index (χ0v) is 19.2. The van der Waals surface area contributed by atoms with Gasteiger partial charge < -0.3 is 36.3 Å². The summed E-state index contributed by atoms with van der Waals surface area (Å²) in [6, 6.07) is -3.74. The third-order valence-electron chi connectivity index (χ3n) is 5.40. The maximum atomic E-state index is 13.2. The molecule has 0 radical (unpaired) electrons. The Hall–Kier alpha value is -3.39. The van der Waals surface area contributed by atoms with E-state index in [1.165, 1.54) is 18.9 Å². The van der Waals surface area contributed by atoms with Gasteiger partial charge in [0.2, 0.25) is 17.7 Å². The molecule has 4 atom stereocenters. The minimum Gasteiger partial charge on any atom is -0.480 e. The number of nitrogens with zero attached hydrogens (tertiary/aromatic N) is 2. The van der Waals surface area contributed by atoms with Crippen LogP contribution in [-0.4, -0.2) is 85.2 Å². The van der Waals surface area contributed by atoms with Gasteiger partial charge in [0, 0.05) is 42.4 Å². The van der Waals surface area contributed by atoms with Gasteiger partial charge in [0.15, 0.2) is 0 Å². The number of carboxylic acid groups (broad SMARTS) is 1. The first-order valence-corrected chi connectivity index (χ1v) is 11.4. The number of hydrogen-bond acceptors (Lipinski definition) is 8. The molecule has 0 spiro atoms. The smallest absolute Gasteiger partial charge is 0.327 e. The average Bonchev–Trinajstić information content (AvgIpc) is 3.59. The summed E-state index contributed by atoms with van der Waals surface area (Å²) in [4.78, 5) is 63.7. The second-order valence-corrected chi connectivity index (χ2v) is 8.28. The van der Waals surface area contributed by atoms with E-state index in [1.807, 2.05) is 0 Å². The Morgan fingerprint density at radius 3 is 1.97 bits per heavy atom. The van der Waals surface area contributed by atoms with Gasteiger partial charge in [-0.15, -0.1) is 0 Å². The van der Waals surface area contributed by atoms with E-state index in [4.69, 9.17) is 0 Å². The van der Waals surface area contributed by atoms with Crippen LogP contribution in [0.3, 0.4) is 0 Å². The van der Waals surface area contributed by atoms with Crippen LogP contribution in [0, 0.1) is 0 Å². The number of aromatic nitrogens is 4. The number of rotatable bonds is 12. The van der Waals surface area contributed by atoms with Gasteiger partial charge in [-0.3, -0.25) is 14.4 Å². The van der Waals surface area contributed by atoms with Gasteiger partial charge in [-0.1, -0.05) is 0 Å². The van der Waals surface area contributed by atoms with E-state index in [0.717, 1.165) is 13.0 Å². The first-order valence-electron chi connectivity index (χ1n) is 10.8. The van der Waals surface area contributed by atoms with Gasteiger partial charge in [0.05, 0.1) is 18.7 Å². The molecule has 184 valence electrons. The zero-order valence-electron chi connectivity index (χ0n) is 18.3. The number of amides is 3. The fourth-order valence-electron chi connectivity index (χ4n) is 3.56. The minimum absolute atomic E-state index is 0.0331. The Labute approximate surface area is 200 Å². The fraction of sp³-hybridized carbons (Fsp3) is 0.500. The molecule has 0 saturated carbocycles. The third kappa shape index (κ3) is 7.05. The fourth-order valence-corrected chi connectivity index (χ4v) is 3.81. The van der Waals surface area contributed by atoms with Gasteiger partial charge in [-0.25, -0.2) is 14.8 Å². The van der Waals surface area contributed by atoms with Crippen molar-refractivity contribution in [2.75, 3.05) is 12.3 Å². The van der Waals surface area contributed by atoms with Crippen molar-refractivity contribution in [1.82, 2.24) is 41.2 Å². The molecule has 3 amide bonds. The number of aliphatic carboxylic acids is 1. The quantitative estimate of drug-likeness (QED) is 0.158. The number of H-pyrrole nitrogens is 2. The molecule has 34 heavy (non-hydrogen) atoms. The lowest BCUT2D eigenvalue weighted by Crippen LogP contribution is -2.58. The van der Waals surface area contributed by atoms with Gasteiger partial charge in [-0.05, 0) is 19.4 Å².